The Morgan fingerprint density at radius 3 is 2.75 bits per heavy atom. The van der Waals surface area contributed by atoms with Crippen molar-refractivity contribution in [3.63, 3.8) is 0 Å². The molecule has 2 rings (SSSR count). The van der Waals surface area contributed by atoms with Crippen molar-refractivity contribution in [2.24, 2.45) is 0 Å². The summed E-state index contributed by atoms with van der Waals surface area (Å²) in [7, 11) is 0. The van der Waals surface area contributed by atoms with Crippen LogP contribution in [0.15, 0.2) is 36.2 Å². The summed E-state index contributed by atoms with van der Waals surface area (Å²) in [6, 6.07) is 6.90. The normalized spacial score (nSPS) is 10.4. The summed E-state index contributed by atoms with van der Waals surface area (Å²) in [6.07, 6.45) is 2.59. The van der Waals surface area contributed by atoms with E-state index < -0.39 is 0 Å². The van der Waals surface area contributed by atoms with Crippen LogP contribution in [-0.4, -0.2) is 0 Å². The van der Waals surface area contributed by atoms with Crippen molar-refractivity contribution < 1.29 is 4.39 Å². The molecule has 1 aromatic heterocycles. The van der Waals surface area contributed by atoms with Gasteiger partial charge in [-0.1, -0.05) is 30.3 Å². The van der Waals surface area contributed by atoms with E-state index in [0.717, 1.165) is 16.9 Å². The van der Waals surface area contributed by atoms with Crippen molar-refractivity contribution in [1.29, 1.82) is 0 Å². The van der Waals surface area contributed by atoms with Crippen LogP contribution in [0.5, 0.6) is 0 Å². The maximum Gasteiger partial charge on any atom is 0.141 e. The molecular weight excluding hydrogens is 243 g/mol. The van der Waals surface area contributed by atoms with Gasteiger partial charge in [0.05, 0.1) is 5.02 Å². The van der Waals surface area contributed by atoms with Crippen molar-refractivity contribution in [3.05, 3.63) is 63.1 Å². The van der Waals surface area contributed by atoms with Gasteiger partial charge in [0, 0.05) is 4.88 Å². The largest absolute Gasteiger partial charge is 0.205 e. The zero-order valence-electron chi connectivity index (χ0n) is 8.54. The number of rotatable bonds is 3. The summed E-state index contributed by atoms with van der Waals surface area (Å²) in [6.45, 7) is 3.72. The van der Waals surface area contributed by atoms with Gasteiger partial charge in [-0.2, -0.15) is 0 Å². The highest BCUT2D eigenvalue weighted by Crippen LogP contribution is 2.21. The Morgan fingerprint density at radius 1 is 1.31 bits per heavy atom. The highest BCUT2D eigenvalue weighted by molar-refractivity contribution is 7.11. The van der Waals surface area contributed by atoms with Crippen molar-refractivity contribution in [3.8, 4) is 0 Å². The second-order valence-corrected chi connectivity index (χ2v) is 4.84. The predicted octanol–water partition coefficient (Wildman–Crippen LogP) is 4.77. The Hall–Kier alpha value is -1.12. The molecule has 0 N–H and O–H groups in total. The third-order valence-electron chi connectivity index (χ3n) is 2.27. The van der Waals surface area contributed by atoms with Crippen LogP contribution in [0, 0.1) is 5.82 Å². The van der Waals surface area contributed by atoms with E-state index in [9.17, 15) is 4.39 Å². The lowest BCUT2D eigenvalue weighted by molar-refractivity contribution is 0.627. The molecule has 0 aliphatic heterocycles. The Bertz CT molecular complexity index is 516. The van der Waals surface area contributed by atoms with Gasteiger partial charge in [-0.05, 0) is 41.1 Å². The fraction of sp³-hybridized carbons (Fsp3) is 0.0769. The molecule has 0 amide bonds. The summed E-state index contributed by atoms with van der Waals surface area (Å²) in [5.41, 5.74) is 2.21. The number of hydrogen-bond donors (Lipinski definition) is 0. The van der Waals surface area contributed by atoms with E-state index >= 15 is 0 Å². The fourth-order valence-corrected chi connectivity index (χ4v) is 2.44. The van der Waals surface area contributed by atoms with Gasteiger partial charge in [0.15, 0.2) is 0 Å². The van der Waals surface area contributed by atoms with Crippen LogP contribution in [0.2, 0.25) is 5.02 Å². The first-order chi connectivity index (χ1) is 7.69. The van der Waals surface area contributed by atoms with Crippen LogP contribution in [-0.2, 0) is 6.42 Å². The van der Waals surface area contributed by atoms with E-state index in [0.29, 0.717) is 0 Å². The second-order valence-electron chi connectivity index (χ2n) is 3.49. The molecule has 82 valence electrons. The van der Waals surface area contributed by atoms with Crippen LogP contribution in [0.1, 0.15) is 16.0 Å². The molecular formula is C13H10ClFS. The highest BCUT2D eigenvalue weighted by Gasteiger charge is 2.03. The van der Waals surface area contributed by atoms with Gasteiger partial charge in [-0.15, -0.1) is 11.3 Å². The van der Waals surface area contributed by atoms with E-state index in [2.05, 4.69) is 18.0 Å². The summed E-state index contributed by atoms with van der Waals surface area (Å²) < 4.78 is 13.0. The van der Waals surface area contributed by atoms with E-state index in [1.54, 1.807) is 23.5 Å². The lowest BCUT2D eigenvalue weighted by Crippen LogP contribution is -1.87. The number of hydrogen-bond acceptors (Lipinski definition) is 1. The topological polar surface area (TPSA) is 0 Å². The molecule has 0 aliphatic carbocycles. The molecule has 0 unspecified atom stereocenters. The molecule has 1 aromatic carbocycles. The van der Waals surface area contributed by atoms with Crippen LogP contribution in [0.3, 0.4) is 0 Å². The van der Waals surface area contributed by atoms with Crippen molar-refractivity contribution in [2.75, 3.05) is 0 Å². The minimum atomic E-state index is -0.373. The van der Waals surface area contributed by atoms with Crippen molar-refractivity contribution >= 4 is 29.0 Å². The lowest BCUT2D eigenvalue weighted by atomic mass is 10.1. The van der Waals surface area contributed by atoms with E-state index in [-0.39, 0.29) is 10.8 Å². The van der Waals surface area contributed by atoms with Gasteiger partial charge in [-0.3, -0.25) is 0 Å². The van der Waals surface area contributed by atoms with E-state index in [1.165, 1.54) is 11.6 Å². The molecule has 2 aromatic rings. The average Bonchev–Trinajstić information content (AvgIpc) is 2.71. The number of halogens is 2. The Labute approximate surface area is 103 Å². The Balaban J connectivity index is 2.20. The van der Waals surface area contributed by atoms with Gasteiger partial charge in [0.2, 0.25) is 0 Å². The second kappa shape index (κ2) is 4.81. The quantitative estimate of drug-likeness (QED) is 0.738. The number of thiophene rings is 1. The maximum atomic E-state index is 13.0. The highest BCUT2D eigenvalue weighted by atomic mass is 35.5. The smallest absolute Gasteiger partial charge is 0.141 e. The third kappa shape index (κ3) is 2.52. The van der Waals surface area contributed by atoms with Crippen LogP contribution in [0.4, 0.5) is 4.39 Å². The molecule has 0 nitrogen and oxygen atoms in total. The zero-order chi connectivity index (χ0) is 11.5. The third-order valence-corrected chi connectivity index (χ3v) is 3.53. The molecule has 0 spiro atoms. The molecule has 0 saturated carbocycles. The fourth-order valence-electron chi connectivity index (χ4n) is 1.48. The van der Waals surface area contributed by atoms with Crippen molar-refractivity contribution in [1.82, 2.24) is 0 Å². The molecule has 0 atom stereocenters. The molecule has 0 saturated heterocycles. The van der Waals surface area contributed by atoms with Gasteiger partial charge >= 0.3 is 0 Å². The Morgan fingerprint density at radius 2 is 2.12 bits per heavy atom. The monoisotopic (exact) mass is 252 g/mol. The summed E-state index contributed by atoms with van der Waals surface area (Å²) in [5.74, 6) is -0.373. The SMILES string of the molecule is C=Cc1cc(Cc2ccc(F)c(Cl)c2)cs1. The standard InChI is InChI=1S/C13H10ClFS/c1-2-11-6-10(8-16-11)5-9-3-4-13(15)12(14)7-9/h2-4,6-8H,1,5H2. The van der Waals surface area contributed by atoms with Gasteiger partial charge in [0.1, 0.15) is 5.82 Å². The van der Waals surface area contributed by atoms with Gasteiger partial charge in [-0.25, -0.2) is 4.39 Å². The molecule has 16 heavy (non-hydrogen) atoms. The zero-order valence-corrected chi connectivity index (χ0v) is 10.1. The number of benzene rings is 1. The summed E-state index contributed by atoms with van der Waals surface area (Å²) in [5, 5.41) is 2.26. The minimum Gasteiger partial charge on any atom is -0.205 e. The van der Waals surface area contributed by atoms with Gasteiger partial charge < -0.3 is 0 Å². The average molecular weight is 253 g/mol. The molecule has 0 aliphatic rings. The molecule has 0 radical (unpaired) electrons. The molecule has 0 fully saturated rings. The molecule has 1 heterocycles. The lowest BCUT2D eigenvalue weighted by Gasteiger charge is -2.00. The predicted molar refractivity (Wildman–Crippen MR) is 68.6 cm³/mol. The van der Waals surface area contributed by atoms with Gasteiger partial charge in [0.25, 0.3) is 0 Å². The molecule has 0 bridgehead atoms. The molecule has 3 heteroatoms. The summed E-state index contributed by atoms with van der Waals surface area (Å²) >= 11 is 7.37. The Kier molecular flexibility index (Phi) is 3.42. The van der Waals surface area contributed by atoms with Crippen LogP contribution in [0.25, 0.3) is 6.08 Å². The minimum absolute atomic E-state index is 0.177. The van der Waals surface area contributed by atoms with Crippen LogP contribution >= 0.6 is 22.9 Å². The first kappa shape index (κ1) is 11.4. The summed E-state index contributed by atoms with van der Waals surface area (Å²) in [4.78, 5) is 1.14. The first-order valence-corrected chi connectivity index (χ1v) is 6.08. The maximum absolute atomic E-state index is 13.0. The van der Waals surface area contributed by atoms with Crippen LogP contribution < -0.4 is 0 Å². The first-order valence-electron chi connectivity index (χ1n) is 4.83. The van der Waals surface area contributed by atoms with E-state index in [1.807, 2.05) is 6.08 Å². The van der Waals surface area contributed by atoms with Crippen molar-refractivity contribution in [2.45, 2.75) is 6.42 Å². The van der Waals surface area contributed by atoms with E-state index in [4.69, 9.17) is 11.6 Å².